The quantitative estimate of drug-likeness (QED) is 0.229. The highest BCUT2D eigenvalue weighted by atomic mass is 31.3. The number of rotatable bonds is 8. The van der Waals surface area contributed by atoms with Gasteiger partial charge in [0, 0.05) is 0 Å². The molecule has 184 valence electrons. The number of aliphatic imine (C=N–C) groups is 1. The molecule has 4 N–H and O–H groups in total. The SMILES string of the molecule is O=P([O-])([O-])OP(=O)([O-])OP(=O)([O-])OC[C@@H]1O[C@H](n2cnc3c2N=C[NH+]2C=CNC32)C(O)[C@@H]1O. The smallest absolute Gasteiger partial charge is 0.278 e. The standard InChI is InChI=1S/C12H18N5O13P3/c18-8-6(3-27-32(23,24)30-33(25,26)29-31(20,21)22)28-12(9(8)19)17-5-14-7-10-13-1-2-16(10)4-15-11(7)17/h1-2,4-6,8-10,12-13,18-19H,3H2,(H,23,24)(H,25,26)(H2,20,21,22)/p-3/t6-,8+,9?,10?,12-/m0/s1. The predicted molar refractivity (Wildman–Crippen MR) is 93.2 cm³/mol. The Kier molecular flexibility index (Phi) is 6.54. The van der Waals surface area contributed by atoms with E-state index in [-0.39, 0.29) is 6.17 Å². The lowest BCUT2D eigenvalue weighted by molar-refractivity contribution is -0.775. The minimum Gasteiger partial charge on any atom is -0.790 e. The molecule has 0 amide bonds. The molecule has 8 atom stereocenters. The number of hydrogen-bond acceptors (Lipinski definition) is 16. The molecule has 5 unspecified atom stereocenters. The van der Waals surface area contributed by atoms with E-state index in [1.165, 1.54) is 10.9 Å². The number of quaternary nitrogens is 1. The highest BCUT2D eigenvalue weighted by Gasteiger charge is 2.46. The molecule has 1 aromatic rings. The molecular weight excluding hydrogens is 515 g/mol. The van der Waals surface area contributed by atoms with Gasteiger partial charge in [0.15, 0.2) is 24.1 Å². The van der Waals surface area contributed by atoms with Crippen LogP contribution < -0.4 is 29.8 Å². The largest absolute Gasteiger partial charge is 0.790 e. The Morgan fingerprint density at radius 3 is 2.58 bits per heavy atom. The number of ether oxygens (including phenoxy) is 1. The molecule has 1 fully saturated rings. The van der Waals surface area contributed by atoms with Crippen molar-refractivity contribution in [3.63, 3.8) is 0 Å². The zero-order chi connectivity index (χ0) is 24.2. The molecule has 21 heteroatoms. The summed E-state index contributed by atoms with van der Waals surface area (Å²) in [5.41, 5.74) is 0.514. The zero-order valence-electron chi connectivity index (χ0n) is 16.0. The van der Waals surface area contributed by atoms with E-state index in [4.69, 9.17) is 4.74 Å². The summed E-state index contributed by atoms with van der Waals surface area (Å²) < 4.78 is 50.8. The van der Waals surface area contributed by atoms with Crippen LogP contribution in [-0.2, 0) is 31.6 Å². The lowest BCUT2D eigenvalue weighted by atomic mass is 10.1. The van der Waals surface area contributed by atoms with Crippen molar-refractivity contribution >= 4 is 35.6 Å². The van der Waals surface area contributed by atoms with Crippen LogP contribution in [0.4, 0.5) is 5.82 Å². The molecule has 3 aliphatic rings. The first-order valence-electron chi connectivity index (χ1n) is 8.89. The summed E-state index contributed by atoms with van der Waals surface area (Å²) in [7, 11) is -18.1. The van der Waals surface area contributed by atoms with Crippen molar-refractivity contribution in [3.05, 3.63) is 24.4 Å². The van der Waals surface area contributed by atoms with Gasteiger partial charge in [0.25, 0.3) is 15.6 Å². The van der Waals surface area contributed by atoms with Crippen molar-refractivity contribution in [2.24, 2.45) is 4.99 Å². The normalized spacial score (nSPS) is 34.4. The van der Waals surface area contributed by atoms with E-state index in [2.05, 4.69) is 28.4 Å². The van der Waals surface area contributed by atoms with Gasteiger partial charge in [-0.2, -0.15) is 4.99 Å². The maximum Gasteiger partial charge on any atom is 0.278 e. The fraction of sp³-hybridized carbons (Fsp3) is 0.500. The van der Waals surface area contributed by atoms with Gasteiger partial charge in [-0.1, -0.05) is 0 Å². The van der Waals surface area contributed by atoms with Gasteiger partial charge in [0.2, 0.25) is 6.17 Å². The molecule has 3 aliphatic heterocycles. The minimum atomic E-state index is -6.13. The van der Waals surface area contributed by atoms with E-state index < -0.39 is 54.6 Å². The first-order valence-corrected chi connectivity index (χ1v) is 13.3. The first-order chi connectivity index (χ1) is 15.3. The number of fused-ring (bicyclic) bond motifs is 3. The van der Waals surface area contributed by atoms with Gasteiger partial charge in [0.1, 0.15) is 24.5 Å². The fourth-order valence-corrected chi connectivity index (χ4v) is 6.22. The molecule has 4 rings (SSSR count). The van der Waals surface area contributed by atoms with Crippen molar-refractivity contribution in [1.82, 2.24) is 14.9 Å². The van der Waals surface area contributed by atoms with Crippen LogP contribution >= 0.6 is 23.5 Å². The first kappa shape index (κ1) is 24.8. The van der Waals surface area contributed by atoms with Crippen molar-refractivity contribution < 1.29 is 66.3 Å². The van der Waals surface area contributed by atoms with Crippen LogP contribution in [0.15, 0.2) is 23.7 Å². The number of aromatic nitrogens is 2. The number of imidazole rings is 1. The van der Waals surface area contributed by atoms with Gasteiger partial charge >= 0.3 is 0 Å². The van der Waals surface area contributed by atoms with Gasteiger partial charge in [-0.15, -0.1) is 0 Å². The Labute approximate surface area is 184 Å². The van der Waals surface area contributed by atoms with Crippen LogP contribution in [0.25, 0.3) is 0 Å². The average Bonchev–Trinajstić information content (AvgIpc) is 3.35. The molecule has 0 aromatic carbocycles. The topological polar surface area (TPSA) is 267 Å². The number of phosphoric ester groups is 1. The van der Waals surface area contributed by atoms with Crippen molar-refractivity contribution in [2.45, 2.75) is 30.7 Å². The second-order valence-corrected chi connectivity index (χ2v) is 11.1. The molecule has 1 saturated heterocycles. The third-order valence-electron chi connectivity index (χ3n) is 4.68. The van der Waals surface area contributed by atoms with E-state index in [1.807, 2.05) is 0 Å². The van der Waals surface area contributed by atoms with E-state index in [9.17, 15) is 43.5 Å². The van der Waals surface area contributed by atoms with Gasteiger partial charge in [-0.05, 0) is 0 Å². The molecule has 33 heavy (non-hydrogen) atoms. The molecule has 0 saturated carbocycles. The number of nitrogens with one attached hydrogen (secondary N) is 2. The molecule has 1 aromatic heterocycles. The monoisotopic (exact) mass is 530 g/mol. The van der Waals surface area contributed by atoms with Crippen molar-refractivity contribution in [3.8, 4) is 0 Å². The molecule has 0 aliphatic carbocycles. The molecule has 4 heterocycles. The number of phosphoric acid groups is 3. The van der Waals surface area contributed by atoms with Gasteiger partial charge in [-0.3, -0.25) is 18.0 Å². The average molecular weight is 530 g/mol. The summed E-state index contributed by atoms with van der Waals surface area (Å²) in [6, 6.07) is 0. The lowest BCUT2D eigenvalue weighted by Gasteiger charge is -2.37. The summed E-state index contributed by atoms with van der Waals surface area (Å²) in [5.74, 6) is 0.305. The summed E-state index contributed by atoms with van der Waals surface area (Å²) in [4.78, 5) is 52.9. The Balaban J connectivity index is 1.42. The lowest BCUT2D eigenvalue weighted by Crippen LogP contribution is -3.07. The Morgan fingerprint density at radius 1 is 1.15 bits per heavy atom. The molecule has 0 bridgehead atoms. The van der Waals surface area contributed by atoms with E-state index in [0.717, 1.165) is 4.90 Å². The van der Waals surface area contributed by atoms with Crippen LogP contribution in [0.1, 0.15) is 18.1 Å². The van der Waals surface area contributed by atoms with Crippen molar-refractivity contribution in [2.75, 3.05) is 6.61 Å². The van der Waals surface area contributed by atoms with Crippen LogP contribution in [0, 0.1) is 0 Å². The maximum atomic E-state index is 11.7. The Bertz CT molecular complexity index is 1120. The summed E-state index contributed by atoms with van der Waals surface area (Å²) in [5, 5.41) is 23.7. The Morgan fingerprint density at radius 2 is 1.88 bits per heavy atom. The van der Waals surface area contributed by atoms with Gasteiger partial charge in [-0.25, -0.2) is 14.2 Å². The van der Waals surface area contributed by atoms with Crippen LogP contribution in [0.2, 0.25) is 0 Å². The number of hydrogen-bond donors (Lipinski definition) is 4. The zero-order valence-corrected chi connectivity index (χ0v) is 18.7. The summed E-state index contributed by atoms with van der Waals surface area (Å²) >= 11 is 0. The number of aliphatic hydroxyl groups is 2. The predicted octanol–water partition coefficient (Wildman–Crippen LogP) is -5.05. The highest BCUT2D eigenvalue weighted by Crippen LogP contribution is 2.60. The summed E-state index contributed by atoms with van der Waals surface area (Å²) in [6.07, 6.45) is 0.0255. The van der Waals surface area contributed by atoms with Crippen LogP contribution in [0.5, 0.6) is 0 Å². The number of aliphatic hydroxyl groups excluding tert-OH is 2. The fourth-order valence-electron chi connectivity index (χ4n) is 3.36. The molecular formula is C12H15N5O13P3-3. The molecule has 18 nitrogen and oxygen atoms in total. The van der Waals surface area contributed by atoms with Crippen LogP contribution in [-0.4, -0.2) is 51.0 Å². The minimum absolute atomic E-state index is 0.270. The van der Waals surface area contributed by atoms with Gasteiger partial charge < -0.3 is 48.9 Å². The third-order valence-corrected chi connectivity index (χ3v) is 8.35. The molecule has 0 radical (unpaired) electrons. The van der Waals surface area contributed by atoms with E-state index in [0.29, 0.717) is 11.5 Å². The highest BCUT2D eigenvalue weighted by molar-refractivity contribution is 7.64. The summed E-state index contributed by atoms with van der Waals surface area (Å²) in [6.45, 7) is -1.05. The third kappa shape index (κ3) is 5.35. The van der Waals surface area contributed by atoms with E-state index in [1.54, 1.807) is 18.7 Å². The molecule has 0 spiro atoms. The van der Waals surface area contributed by atoms with Crippen LogP contribution in [0.3, 0.4) is 0 Å². The van der Waals surface area contributed by atoms with Crippen molar-refractivity contribution in [1.29, 1.82) is 0 Å². The van der Waals surface area contributed by atoms with Gasteiger partial charge in [0.05, 0.1) is 27.0 Å². The second-order valence-electron chi connectivity index (χ2n) is 6.90. The maximum absolute atomic E-state index is 11.7. The Hall–Kier alpha value is -1.33. The number of nitrogens with zero attached hydrogens (tertiary/aromatic N) is 3. The second kappa shape index (κ2) is 8.71. The van der Waals surface area contributed by atoms with E-state index >= 15 is 0 Å².